The molecular formula is C18H18O2. The quantitative estimate of drug-likeness (QED) is 0.858. The van der Waals surface area contributed by atoms with Gasteiger partial charge in [-0.05, 0) is 36.5 Å². The van der Waals surface area contributed by atoms with Crippen LogP contribution >= 0.6 is 0 Å². The Bertz CT molecular complexity index is 675. The van der Waals surface area contributed by atoms with Gasteiger partial charge in [0, 0.05) is 11.5 Å². The monoisotopic (exact) mass is 266 g/mol. The molecule has 2 nitrogen and oxygen atoms in total. The molecule has 1 aliphatic heterocycles. The molecule has 2 aromatic rings. The van der Waals surface area contributed by atoms with Crippen LogP contribution in [0.5, 0.6) is 5.75 Å². The first-order valence-corrected chi connectivity index (χ1v) is 7.24. The van der Waals surface area contributed by atoms with Gasteiger partial charge in [-0.3, -0.25) is 0 Å². The fraction of sp³-hybridized carbons (Fsp3) is 0.333. The minimum absolute atomic E-state index is 0.0447. The summed E-state index contributed by atoms with van der Waals surface area (Å²) >= 11 is 0. The van der Waals surface area contributed by atoms with Crippen LogP contribution in [0.2, 0.25) is 0 Å². The highest BCUT2D eigenvalue weighted by Gasteiger charge is 2.38. The van der Waals surface area contributed by atoms with Gasteiger partial charge >= 0.3 is 0 Å². The van der Waals surface area contributed by atoms with Crippen LogP contribution in [-0.2, 0) is 19.4 Å². The molecule has 20 heavy (non-hydrogen) atoms. The molecule has 1 N–H and O–H groups in total. The molecule has 0 amide bonds. The Kier molecular flexibility index (Phi) is 2.61. The summed E-state index contributed by atoms with van der Waals surface area (Å²) in [6, 6.07) is 12.8. The van der Waals surface area contributed by atoms with Crippen molar-refractivity contribution < 1.29 is 9.84 Å². The Hall–Kier alpha value is -1.80. The van der Waals surface area contributed by atoms with E-state index in [4.69, 9.17) is 4.74 Å². The van der Waals surface area contributed by atoms with E-state index in [1.807, 2.05) is 6.07 Å². The number of aliphatic hydroxyl groups is 1. The topological polar surface area (TPSA) is 29.5 Å². The highest BCUT2D eigenvalue weighted by Crippen LogP contribution is 2.47. The molecule has 4 rings (SSSR count). The number of rotatable bonds is 1. The van der Waals surface area contributed by atoms with Crippen LogP contribution in [0.3, 0.4) is 0 Å². The Morgan fingerprint density at radius 3 is 2.80 bits per heavy atom. The van der Waals surface area contributed by atoms with Crippen molar-refractivity contribution in [3.05, 3.63) is 64.2 Å². The Balaban J connectivity index is 1.80. The molecular weight excluding hydrogens is 248 g/mol. The molecule has 0 fully saturated rings. The molecule has 2 aliphatic rings. The Morgan fingerprint density at radius 2 is 1.95 bits per heavy atom. The number of benzene rings is 2. The van der Waals surface area contributed by atoms with E-state index in [2.05, 4.69) is 37.3 Å². The lowest BCUT2D eigenvalue weighted by Crippen LogP contribution is -2.23. The largest absolute Gasteiger partial charge is 0.485 e. The number of hydrogen-bond acceptors (Lipinski definition) is 2. The summed E-state index contributed by atoms with van der Waals surface area (Å²) in [6.07, 6.45) is 2.30. The minimum Gasteiger partial charge on any atom is -0.485 e. The molecule has 1 heterocycles. The first-order chi connectivity index (χ1) is 9.76. The summed E-state index contributed by atoms with van der Waals surface area (Å²) in [5, 5.41) is 9.57. The molecule has 2 heteroatoms. The van der Waals surface area contributed by atoms with E-state index in [-0.39, 0.29) is 12.7 Å². The van der Waals surface area contributed by atoms with Gasteiger partial charge in [-0.2, -0.15) is 0 Å². The summed E-state index contributed by atoms with van der Waals surface area (Å²) < 4.78 is 6.30. The number of ether oxygens (including phenoxy) is 1. The second-order valence-electron chi connectivity index (χ2n) is 5.98. The van der Waals surface area contributed by atoms with Gasteiger partial charge in [0.25, 0.3) is 0 Å². The van der Waals surface area contributed by atoms with Crippen molar-refractivity contribution in [2.24, 2.45) is 5.92 Å². The maximum absolute atomic E-state index is 9.57. The van der Waals surface area contributed by atoms with Gasteiger partial charge in [0.1, 0.15) is 11.9 Å². The predicted molar refractivity (Wildman–Crippen MR) is 77.8 cm³/mol. The van der Waals surface area contributed by atoms with E-state index >= 15 is 0 Å². The average molecular weight is 266 g/mol. The summed E-state index contributed by atoms with van der Waals surface area (Å²) in [7, 11) is 0. The van der Waals surface area contributed by atoms with E-state index in [9.17, 15) is 5.11 Å². The van der Waals surface area contributed by atoms with Crippen LogP contribution in [0.1, 0.15) is 33.9 Å². The first kappa shape index (κ1) is 12.0. The molecule has 0 saturated carbocycles. The molecule has 0 saturated heterocycles. The van der Waals surface area contributed by atoms with E-state index in [0.717, 1.165) is 24.2 Å². The zero-order valence-electron chi connectivity index (χ0n) is 11.6. The lowest BCUT2D eigenvalue weighted by atomic mass is 9.89. The van der Waals surface area contributed by atoms with Crippen molar-refractivity contribution in [1.82, 2.24) is 0 Å². The van der Waals surface area contributed by atoms with Crippen molar-refractivity contribution in [1.29, 1.82) is 0 Å². The highest BCUT2D eigenvalue weighted by atomic mass is 16.5. The maximum Gasteiger partial charge on any atom is 0.128 e. The lowest BCUT2D eigenvalue weighted by molar-refractivity contribution is 0.123. The second-order valence-corrected chi connectivity index (χ2v) is 5.98. The van der Waals surface area contributed by atoms with Crippen LogP contribution < -0.4 is 4.74 Å². The third-order valence-electron chi connectivity index (χ3n) is 4.56. The molecule has 102 valence electrons. The van der Waals surface area contributed by atoms with Crippen LogP contribution in [-0.4, -0.2) is 5.11 Å². The van der Waals surface area contributed by atoms with E-state index < -0.39 is 0 Å². The van der Waals surface area contributed by atoms with Crippen molar-refractivity contribution in [2.45, 2.75) is 32.5 Å². The molecule has 1 aliphatic carbocycles. The van der Waals surface area contributed by atoms with Crippen LogP contribution in [0, 0.1) is 12.8 Å². The number of fused-ring (bicyclic) bond motifs is 4. The molecule has 2 aromatic carbocycles. The molecule has 0 spiro atoms. The fourth-order valence-electron chi connectivity index (χ4n) is 3.74. The van der Waals surface area contributed by atoms with Crippen LogP contribution in [0.25, 0.3) is 0 Å². The standard InChI is InChI=1S/C18H18O2/c1-11-6-13-9-14-8-12-4-2-3-5-16(12)18(14)20-17(13)15(7-11)10-19/h2-7,14,18-19H,8-10H2,1H3/t14-,18+/m0/s1. The highest BCUT2D eigenvalue weighted by molar-refractivity contribution is 5.48. The van der Waals surface area contributed by atoms with Gasteiger partial charge in [0.2, 0.25) is 0 Å². The normalized spacial score (nSPS) is 22.7. The predicted octanol–water partition coefficient (Wildman–Crippen LogP) is 3.34. The van der Waals surface area contributed by atoms with E-state index in [1.54, 1.807) is 0 Å². The van der Waals surface area contributed by atoms with Gasteiger partial charge in [-0.25, -0.2) is 0 Å². The van der Waals surface area contributed by atoms with Crippen LogP contribution in [0.4, 0.5) is 0 Å². The zero-order valence-corrected chi connectivity index (χ0v) is 11.6. The van der Waals surface area contributed by atoms with Gasteiger partial charge in [0.15, 0.2) is 0 Å². The Labute approximate surface area is 119 Å². The van der Waals surface area contributed by atoms with Crippen LogP contribution in [0.15, 0.2) is 36.4 Å². The Morgan fingerprint density at radius 1 is 1.15 bits per heavy atom. The van der Waals surface area contributed by atoms with E-state index in [0.29, 0.717) is 5.92 Å². The molecule has 0 aromatic heterocycles. The molecule has 0 bridgehead atoms. The third-order valence-corrected chi connectivity index (χ3v) is 4.56. The van der Waals surface area contributed by atoms with Gasteiger partial charge < -0.3 is 9.84 Å². The SMILES string of the molecule is Cc1cc(CO)c2c(c1)C[C@@H]1Cc3ccccc3[C@@H]1O2. The summed E-state index contributed by atoms with van der Waals surface area (Å²) in [5.41, 5.74) is 6.11. The van der Waals surface area contributed by atoms with Gasteiger partial charge in [-0.1, -0.05) is 42.0 Å². The number of aryl methyl sites for hydroxylation is 1. The van der Waals surface area contributed by atoms with Crippen molar-refractivity contribution in [3.63, 3.8) is 0 Å². The second kappa shape index (κ2) is 4.35. The van der Waals surface area contributed by atoms with Crippen molar-refractivity contribution >= 4 is 0 Å². The molecule has 0 unspecified atom stereocenters. The number of aliphatic hydroxyl groups excluding tert-OH is 1. The summed E-state index contributed by atoms with van der Waals surface area (Å²) in [5.74, 6) is 1.45. The van der Waals surface area contributed by atoms with Gasteiger partial charge in [-0.15, -0.1) is 0 Å². The van der Waals surface area contributed by atoms with Gasteiger partial charge in [0.05, 0.1) is 6.61 Å². The minimum atomic E-state index is 0.0447. The summed E-state index contributed by atoms with van der Waals surface area (Å²) in [4.78, 5) is 0. The number of hydrogen-bond donors (Lipinski definition) is 1. The smallest absolute Gasteiger partial charge is 0.128 e. The van der Waals surface area contributed by atoms with E-state index in [1.165, 1.54) is 22.3 Å². The third kappa shape index (κ3) is 1.68. The molecule has 0 radical (unpaired) electrons. The maximum atomic E-state index is 9.57. The first-order valence-electron chi connectivity index (χ1n) is 7.24. The van der Waals surface area contributed by atoms with Crippen molar-refractivity contribution in [3.8, 4) is 5.75 Å². The fourth-order valence-corrected chi connectivity index (χ4v) is 3.74. The molecule has 2 atom stereocenters. The lowest BCUT2D eigenvalue weighted by Gasteiger charge is -2.31. The van der Waals surface area contributed by atoms with Crippen molar-refractivity contribution in [2.75, 3.05) is 0 Å². The zero-order chi connectivity index (χ0) is 13.7. The average Bonchev–Trinajstić information content (AvgIpc) is 2.81. The summed E-state index contributed by atoms with van der Waals surface area (Å²) in [6.45, 7) is 2.12.